The minimum atomic E-state index is 0.682. The van der Waals surface area contributed by atoms with E-state index < -0.39 is 0 Å². The number of nitrogens with zero attached hydrogens (tertiary/aromatic N) is 1. The van der Waals surface area contributed by atoms with E-state index in [0.717, 1.165) is 13.0 Å². The normalized spacial score (nSPS) is 8.73. The SMILES string of the molecule is CC.CC.CCCN=C(C)N. The number of hydrogen-bond acceptors (Lipinski definition) is 1. The third kappa shape index (κ3) is 43.9. The van der Waals surface area contributed by atoms with Gasteiger partial charge in [-0.25, -0.2) is 0 Å². The first-order valence-electron chi connectivity index (χ1n) is 4.54. The summed E-state index contributed by atoms with van der Waals surface area (Å²) in [5.74, 6) is 0.682. The fourth-order valence-electron chi connectivity index (χ4n) is 0.288. The van der Waals surface area contributed by atoms with Crippen LogP contribution in [0.4, 0.5) is 0 Å². The Balaban J connectivity index is -0.000000138. The topological polar surface area (TPSA) is 38.4 Å². The van der Waals surface area contributed by atoms with Crippen LogP contribution in [-0.4, -0.2) is 12.4 Å². The van der Waals surface area contributed by atoms with Crippen molar-refractivity contribution in [1.29, 1.82) is 0 Å². The van der Waals surface area contributed by atoms with Gasteiger partial charge in [0.1, 0.15) is 0 Å². The van der Waals surface area contributed by atoms with Crippen molar-refractivity contribution in [2.24, 2.45) is 10.7 Å². The maximum atomic E-state index is 5.23. The van der Waals surface area contributed by atoms with Gasteiger partial charge in [0.2, 0.25) is 0 Å². The van der Waals surface area contributed by atoms with E-state index in [4.69, 9.17) is 5.73 Å². The molecule has 0 amide bonds. The third-order valence-corrected chi connectivity index (χ3v) is 0.585. The molecule has 0 aliphatic carbocycles. The Morgan fingerprint density at radius 2 is 1.55 bits per heavy atom. The summed E-state index contributed by atoms with van der Waals surface area (Å²) in [6.07, 6.45) is 1.08. The number of nitrogens with two attached hydrogens (primary N) is 1. The zero-order chi connectivity index (χ0) is 9.70. The fraction of sp³-hybridized carbons (Fsp3) is 0.889. The second-order valence-electron chi connectivity index (χ2n) is 1.52. The summed E-state index contributed by atoms with van der Waals surface area (Å²) in [6.45, 7) is 12.7. The lowest BCUT2D eigenvalue weighted by atomic mass is 10.5. The molecule has 0 atom stereocenters. The molecule has 0 saturated carbocycles. The van der Waals surface area contributed by atoms with Crippen molar-refractivity contribution in [3.8, 4) is 0 Å². The molecule has 0 rings (SSSR count). The van der Waals surface area contributed by atoms with Gasteiger partial charge in [-0.15, -0.1) is 0 Å². The molecule has 0 aliphatic heterocycles. The lowest BCUT2D eigenvalue weighted by Crippen LogP contribution is -2.05. The maximum Gasteiger partial charge on any atom is 0.0905 e. The van der Waals surface area contributed by atoms with Crippen LogP contribution in [0.5, 0.6) is 0 Å². The van der Waals surface area contributed by atoms with Crippen molar-refractivity contribution in [1.82, 2.24) is 0 Å². The molecule has 2 nitrogen and oxygen atoms in total. The van der Waals surface area contributed by atoms with Gasteiger partial charge in [0.25, 0.3) is 0 Å². The van der Waals surface area contributed by atoms with Crippen LogP contribution in [0.1, 0.15) is 48.0 Å². The van der Waals surface area contributed by atoms with Gasteiger partial charge in [-0.05, 0) is 13.3 Å². The van der Waals surface area contributed by atoms with Gasteiger partial charge in [-0.2, -0.15) is 0 Å². The monoisotopic (exact) mass is 160 g/mol. The van der Waals surface area contributed by atoms with Crippen LogP contribution in [0.25, 0.3) is 0 Å². The number of hydrogen-bond donors (Lipinski definition) is 1. The summed E-state index contributed by atoms with van der Waals surface area (Å²) < 4.78 is 0. The second-order valence-corrected chi connectivity index (χ2v) is 1.52. The Bertz CT molecular complexity index is 64.0. The van der Waals surface area contributed by atoms with E-state index >= 15 is 0 Å². The van der Waals surface area contributed by atoms with Crippen molar-refractivity contribution < 1.29 is 0 Å². The highest BCUT2D eigenvalue weighted by Gasteiger charge is 1.73. The molecule has 0 spiro atoms. The van der Waals surface area contributed by atoms with Crippen LogP contribution in [-0.2, 0) is 0 Å². The van der Waals surface area contributed by atoms with E-state index in [1.165, 1.54) is 0 Å². The molecule has 0 aromatic rings. The molecule has 2 heteroatoms. The Labute approximate surface area is 71.9 Å². The van der Waals surface area contributed by atoms with Crippen molar-refractivity contribution >= 4 is 5.84 Å². The highest BCUT2D eigenvalue weighted by atomic mass is 14.8. The molecule has 0 bridgehead atoms. The number of rotatable bonds is 2. The molecule has 70 valence electrons. The van der Waals surface area contributed by atoms with E-state index in [1.807, 2.05) is 27.7 Å². The van der Waals surface area contributed by atoms with Gasteiger partial charge in [-0.3, -0.25) is 4.99 Å². The van der Waals surface area contributed by atoms with E-state index in [0.29, 0.717) is 5.84 Å². The zero-order valence-electron chi connectivity index (χ0n) is 8.94. The molecule has 2 N–H and O–H groups in total. The second kappa shape index (κ2) is 22.7. The van der Waals surface area contributed by atoms with Gasteiger partial charge in [0.05, 0.1) is 5.84 Å². The minimum Gasteiger partial charge on any atom is -0.388 e. The summed E-state index contributed by atoms with van der Waals surface area (Å²) in [6, 6.07) is 0. The molecule has 0 aromatic heterocycles. The van der Waals surface area contributed by atoms with Gasteiger partial charge in [-0.1, -0.05) is 34.6 Å². The predicted octanol–water partition coefficient (Wildman–Crippen LogP) is 2.83. The Hall–Kier alpha value is -0.530. The van der Waals surface area contributed by atoms with Gasteiger partial charge in [0.15, 0.2) is 0 Å². The first kappa shape index (κ1) is 16.8. The lowest BCUT2D eigenvalue weighted by molar-refractivity contribution is 0.929. The maximum absolute atomic E-state index is 5.23. The first-order chi connectivity index (χ1) is 5.27. The van der Waals surface area contributed by atoms with Gasteiger partial charge >= 0.3 is 0 Å². The van der Waals surface area contributed by atoms with E-state index in [2.05, 4.69) is 11.9 Å². The van der Waals surface area contributed by atoms with Crippen LogP contribution in [0.2, 0.25) is 0 Å². The summed E-state index contributed by atoms with van der Waals surface area (Å²) >= 11 is 0. The van der Waals surface area contributed by atoms with Crippen molar-refractivity contribution in [2.45, 2.75) is 48.0 Å². The smallest absolute Gasteiger partial charge is 0.0905 e. The minimum absolute atomic E-state index is 0.682. The Morgan fingerprint density at radius 1 is 1.18 bits per heavy atom. The summed E-state index contributed by atoms with van der Waals surface area (Å²) in [7, 11) is 0. The molecule has 0 aromatic carbocycles. The number of aliphatic imine (C=N–C) groups is 1. The largest absolute Gasteiger partial charge is 0.388 e. The molecule has 0 radical (unpaired) electrons. The molecular weight excluding hydrogens is 136 g/mol. The quantitative estimate of drug-likeness (QED) is 0.489. The summed E-state index contributed by atoms with van der Waals surface area (Å²) in [4.78, 5) is 3.94. The van der Waals surface area contributed by atoms with E-state index in [9.17, 15) is 0 Å². The molecule has 11 heavy (non-hydrogen) atoms. The van der Waals surface area contributed by atoms with Crippen molar-refractivity contribution in [3.05, 3.63) is 0 Å². The predicted molar refractivity (Wildman–Crippen MR) is 55.2 cm³/mol. The van der Waals surface area contributed by atoms with Gasteiger partial charge in [0, 0.05) is 6.54 Å². The fourth-order valence-corrected chi connectivity index (χ4v) is 0.288. The Kier molecular flexibility index (Phi) is 34.7. The highest BCUT2D eigenvalue weighted by molar-refractivity contribution is 5.77. The Morgan fingerprint density at radius 3 is 1.64 bits per heavy atom. The first-order valence-corrected chi connectivity index (χ1v) is 4.54. The van der Waals surface area contributed by atoms with Crippen molar-refractivity contribution in [3.63, 3.8) is 0 Å². The van der Waals surface area contributed by atoms with Crippen LogP contribution in [0.15, 0.2) is 4.99 Å². The van der Waals surface area contributed by atoms with Crippen LogP contribution >= 0.6 is 0 Å². The average Bonchev–Trinajstić information content (AvgIpc) is 2.08. The molecule has 0 fully saturated rings. The summed E-state index contributed by atoms with van der Waals surface area (Å²) in [5, 5.41) is 0. The third-order valence-electron chi connectivity index (χ3n) is 0.585. The van der Waals surface area contributed by atoms with Crippen molar-refractivity contribution in [2.75, 3.05) is 6.54 Å². The molecule has 0 unspecified atom stereocenters. The lowest BCUT2D eigenvalue weighted by Gasteiger charge is -1.86. The van der Waals surface area contributed by atoms with Crippen LogP contribution in [0.3, 0.4) is 0 Å². The highest BCUT2D eigenvalue weighted by Crippen LogP contribution is 1.75. The van der Waals surface area contributed by atoms with E-state index in [1.54, 1.807) is 6.92 Å². The van der Waals surface area contributed by atoms with Crippen LogP contribution in [0, 0.1) is 0 Å². The van der Waals surface area contributed by atoms with E-state index in [-0.39, 0.29) is 0 Å². The number of amidine groups is 1. The van der Waals surface area contributed by atoms with Crippen LogP contribution < -0.4 is 5.73 Å². The standard InChI is InChI=1S/C5H12N2.2C2H6/c1-3-4-7-5(2)6;2*1-2/h3-4H2,1-2H3,(H2,6,7);2*1-2H3. The average molecular weight is 160 g/mol. The molecule has 0 heterocycles. The molecule has 0 aliphatic rings. The summed E-state index contributed by atoms with van der Waals surface area (Å²) in [5.41, 5.74) is 5.23. The van der Waals surface area contributed by atoms with Gasteiger partial charge < -0.3 is 5.73 Å². The molecule has 0 saturated heterocycles. The molecular formula is C9H24N2. The zero-order valence-corrected chi connectivity index (χ0v) is 8.94.